The number of hydrazone groups is 1. The minimum atomic E-state index is -0.631. The Balaban J connectivity index is 1.82. The maximum atomic E-state index is 13.3. The highest BCUT2D eigenvalue weighted by atomic mass is 16.1. The number of hydrogen-bond acceptors (Lipinski definition) is 3. The van der Waals surface area contributed by atoms with Crippen LogP contribution in [0.2, 0.25) is 0 Å². The fourth-order valence-electron chi connectivity index (χ4n) is 3.73. The van der Waals surface area contributed by atoms with Crippen LogP contribution >= 0.6 is 0 Å². The van der Waals surface area contributed by atoms with Crippen LogP contribution in [-0.4, -0.2) is 17.5 Å². The van der Waals surface area contributed by atoms with Crippen LogP contribution in [0.25, 0.3) is 0 Å². The van der Waals surface area contributed by atoms with Crippen molar-refractivity contribution in [2.24, 2.45) is 5.10 Å². The van der Waals surface area contributed by atoms with E-state index in [0.29, 0.717) is 0 Å². The lowest BCUT2D eigenvalue weighted by molar-refractivity contribution is 0.0844. The maximum absolute atomic E-state index is 13.3. The molecule has 0 bridgehead atoms. The minimum absolute atomic E-state index is 0.00708. The molecule has 0 aromatic heterocycles. The summed E-state index contributed by atoms with van der Waals surface area (Å²) in [7, 11) is 0. The summed E-state index contributed by atoms with van der Waals surface area (Å²) in [6, 6.07) is 18.2. The molecule has 1 N–H and O–H groups in total. The summed E-state index contributed by atoms with van der Waals surface area (Å²) in [4.78, 5) is 13.3. The Kier molecular flexibility index (Phi) is 3.07. The molecule has 1 spiro atoms. The first-order valence-corrected chi connectivity index (χ1v) is 7.79. The van der Waals surface area contributed by atoms with Crippen LogP contribution < -0.4 is 5.43 Å². The van der Waals surface area contributed by atoms with E-state index >= 15 is 0 Å². The Hall–Kier alpha value is -2.42. The molecule has 2 aliphatic rings. The van der Waals surface area contributed by atoms with Gasteiger partial charge in [0.1, 0.15) is 5.54 Å². The predicted octanol–water partition coefficient (Wildman–Crippen LogP) is 3.32. The summed E-state index contributed by atoms with van der Waals surface area (Å²) < 4.78 is 0. The lowest BCUT2D eigenvalue weighted by Crippen LogP contribution is -2.51. The third-order valence-electron chi connectivity index (χ3n) is 4.86. The quantitative estimate of drug-likeness (QED) is 0.875. The maximum Gasteiger partial charge on any atom is 0.191 e. The first kappa shape index (κ1) is 13.3. The van der Waals surface area contributed by atoms with Gasteiger partial charge in [-0.25, -0.2) is 0 Å². The van der Waals surface area contributed by atoms with Crippen LogP contribution in [0, 0.1) is 0 Å². The predicted molar refractivity (Wildman–Crippen MR) is 87.3 cm³/mol. The van der Waals surface area contributed by atoms with E-state index in [4.69, 9.17) is 0 Å². The first-order chi connectivity index (χ1) is 10.8. The number of rotatable bonds is 1. The van der Waals surface area contributed by atoms with Crippen LogP contribution in [0.1, 0.15) is 40.2 Å². The fourth-order valence-corrected chi connectivity index (χ4v) is 3.73. The van der Waals surface area contributed by atoms with Gasteiger partial charge in [-0.1, -0.05) is 54.6 Å². The Labute approximate surface area is 130 Å². The molecule has 0 fully saturated rings. The summed E-state index contributed by atoms with van der Waals surface area (Å²) >= 11 is 0. The second kappa shape index (κ2) is 5.09. The van der Waals surface area contributed by atoms with Crippen molar-refractivity contribution < 1.29 is 4.79 Å². The Morgan fingerprint density at radius 1 is 1.05 bits per heavy atom. The van der Waals surface area contributed by atoms with Crippen LogP contribution in [0.15, 0.2) is 59.7 Å². The van der Waals surface area contributed by atoms with Gasteiger partial charge in [-0.3, -0.25) is 10.2 Å². The molecule has 0 unspecified atom stereocenters. The molecule has 4 rings (SSSR count). The van der Waals surface area contributed by atoms with Crippen LogP contribution in [-0.2, 0) is 6.42 Å². The van der Waals surface area contributed by atoms with Gasteiger partial charge in [-0.05, 0) is 30.4 Å². The molecule has 2 aromatic rings. The highest BCUT2D eigenvalue weighted by molar-refractivity contribution is 6.08. The van der Waals surface area contributed by atoms with Crippen molar-refractivity contribution >= 4 is 12.0 Å². The van der Waals surface area contributed by atoms with Gasteiger partial charge in [0, 0.05) is 11.8 Å². The Morgan fingerprint density at radius 3 is 2.68 bits per heavy atom. The average Bonchev–Trinajstić information content (AvgIpc) is 2.94. The summed E-state index contributed by atoms with van der Waals surface area (Å²) in [6.07, 6.45) is 4.64. The number of hydrogen-bond donors (Lipinski definition) is 1. The summed E-state index contributed by atoms with van der Waals surface area (Å²) in [5, 5.41) is 4.29. The van der Waals surface area contributed by atoms with Crippen molar-refractivity contribution in [3.63, 3.8) is 0 Å². The Bertz CT molecular complexity index is 738. The zero-order chi connectivity index (χ0) is 15.0. The molecule has 3 heteroatoms. The van der Waals surface area contributed by atoms with Gasteiger partial charge in [0.2, 0.25) is 0 Å². The van der Waals surface area contributed by atoms with Gasteiger partial charge >= 0.3 is 0 Å². The van der Waals surface area contributed by atoms with Crippen molar-refractivity contribution in [1.82, 2.24) is 5.43 Å². The van der Waals surface area contributed by atoms with E-state index in [1.54, 1.807) is 0 Å². The van der Waals surface area contributed by atoms with E-state index in [1.807, 2.05) is 42.6 Å². The number of nitrogens with one attached hydrogen (secondary N) is 1. The van der Waals surface area contributed by atoms with Crippen LogP contribution in [0.4, 0.5) is 0 Å². The SMILES string of the molecule is O=C1c2ccccc2CCC[C@]12NN=C[C@H]2c1ccccc1. The normalized spacial score (nSPS) is 26.5. The molecule has 2 aromatic carbocycles. The summed E-state index contributed by atoms with van der Waals surface area (Å²) in [5.74, 6) is 0.166. The van der Waals surface area contributed by atoms with Crippen molar-refractivity contribution in [2.75, 3.05) is 0 Å². The zero-order valence-electron chi connectivity index (χ0n) is 12.3. The van der Waals surface area contributed by atoms with Crippen LogP contribution in [0.3, 0.4) is 0 Å². The number of Topliss-reactive ketones (excluding diaryl/α,β-unsaturated/α-hetero) is 1. The zero-order valence-corrected chi connectivity index (χ0v) is 12.3. The molecule has 1 heterocycles. The number of ketones is 1. The minimum Gasteiger partial charge on any atom is -0.295 e. The van der Waals surface area contributed by atoms with Gasteiger partial charge in [-0.15, -0.1) is 0 Å². The van der Waals surface area contributed by atoms with E-state index in [2.05, 4.69) is 28.7 Å². The van der Waals surface area contributed by atoms with E-state index in [-0.39, 0.29) is 11.7 Å². The molecule has 0 saturated heterocycles. The Morgan fingerprint density at radius 2 is 1.82 bits per heavy atom. The van der Waals surface area contributed by atoms with E-state index in [9.17, 15) is 4.79 Å². The highest BCUT2D eigenvalue weighted by Crippen LogP contribution is 2.39. The summed E-state index contributed by atoms with van der Waals surface area (Å²) in [5.41, 5.74) is 5.69. The topological polar surface area (TPSA) is 41.5 Å². The van der Waals surface area contributed by atoms with E-state index in [0.717, 1.165) is 36.0 Å². The number of aryl methyl sites for hydroxylation is 1. The lowest BCUT2D eigenvalue weighted by Gasteiger charge is -2.32. The molecule has 22 heavy (non-hydrogen) atoms. The van der Waals surface area contributed by atoms with Gasteiger partial charge < -0.3 is 0 Å². The first-order valence-electron chi connectivity index (χ1n) is 7.79. The largest absolute Gasteiger partial charge is 0.295 e. The summed E-state index contributed by atoms with van der Waals surface area (Å²) in [6.45, 7) is 0. The van der Waals surface area contributed by atoms with Crippen LogP contribution in [0.5, 0.6) is 0 Å². The van der Waals surface area contributed by atoms with Gasteiger partial charge in [-0.2, -0.15) is 5.10 Å². The molecule has 1 aliphatic heterocycles. The standard InChI is InChI=1S/C19H18N2O/c22-18-16-11-5-4-7-14(16)10-6-12-19(18)17(13-20-21-19)15-8-2-1-3-9-15/h1-5,7-9,11,13,17,21H,6,10,12H2/t17-,19+/m0/s1. The highest BCUT2D eigenvalue weighted by Gasteiger charge is 2.49. The van der Waals surface area contributed by atoms with Crippen molar-refractivity contribution in [3.05, 3.63) is 71.3 Å². The number of carbonyl (C=O) groups excluding carboxylic acids is 1. The smallest absolute Gasteiger partial charge is 0.191 e. The lowest BCUT2D eigenvalue weighted by atomic mass is 9.74. The number of benzene rings is 2. The number of fused-ring (bicyclic) bond motifs is 1. The number of carbonyl (C=O) groups is 1. The number of nitrogens with zero attached hydrogens (tertiary/aromatic N) is 1. The monoisotopic (exact) mass is 290 g/mol. The van der Waals surface area contributed by atoms with Gasteiger partial charge in [0.15, 0.2) is 5.78 Å². The molecule has 0 radical (unpaired) electrons. The van der Waals surface area contributed by atoms with Crippen molar-refractivity contribution in [1.29, 1.82) is 0 Å². The molecule has 3 nitrogen and oxygen atoms in total. The van der Waals surface area contributed by atoms with E-state index in [1.165, 1.54) is 0 Å². The molecule has 1 aliphatic carbocycles. The third-order valence-corrected chi connectivity index (χ3v) is 4.86. The fraction of sp³-hybridized carbons (Fsp3) is 0.263. The molecule has 0 amide bonds. The van der Waals surface area contributed by atoms with Gasteiger partial charge in [0.05, 0.1) is 5.92 Å². The molecular weight excluding hydrogens is 272 g/mol. The average molecular weight is 290 g/mol. The second-order valence-corrected chi connectivity index (χ2v) is 6.09. The second-order valence-electron chi connectivity index (χ2n) is 6.09. The van der Waals surface area contributed by atoms with Crippen molar-refractivity contribution in [2.45, 2.75) is 30.7 Å². The van der Waals surface area contributed by atoms with E-state index < -0.39 is 5.54 Å². The molecule has 110 valence electrons. The van der Waals surface area contributed by atoms with Crippen molar-refractivity contribution in [3.8, 4) is 0 Å². The van der Waals surface area contributed by atoms with Gasteiger partial charge in [0.25, 0.3) is 0 Å². The molecule has 0 saturated carbocycles. The molecule has 2 atom stereocenters. The third kappa shape index (κ3) is 1.89. The molecular formula is C19H18N2O.